The average Bonchev–Trinajstić information content (AvgIpc) is 2.78. The molecular formula is C26H52N2Na2O6. The Morgan fingerprint density at radius 1 is 0.694 bits per heavy atom. The third-order valence-electron chi connectivity index (χ3n) is 5.89. The van der Waals surface area contributed by atoms with Gasteiger partial charge in [0, 0.05) is 26.1 Å². The number of hydrogen-bond donors (Lipinski definition) is 3. The van der Waals surface area contributed by atoms with Gasteiger partial charge in [0.05, 0.1) is 13.2 Å². The molecule has 0 aromatic rings. The number of carbonyl (C=O) groups excluding carboxylic acids is 1. The van der Waals surface area contributed by atoms with Gasteiger partial charge in [-0.05, 0) is 6.42 Å². The molecule has 0 saturated heterocycles. The zero-order chi connectivity index (χ0) is 25.3. The standard InChI is InChI=1S/C26H50N2O6.2Na.2H/c1-2-3-4-5-6-7-8-9-10-11-12-13-14-15-16-17-24(29)27-18-19-28(22-25(30)31)20-21-34-23-26(32)33;;;;/h2-23H2,1H3,(H,27,29)(H,30,31)(H,32,33);;;;. The molecule has 1 amide bonds. The summed E-state index contributed by atoms with van der Waals surface area (Å²) in [6.07, 6.45) is 19.9. The monoisotopic (exact) mass is 534 g/mol. The van der Waals surface area contributed by atoms with Gasteiger partial charge < -0.3 is 20.3 Å². The molecule has 0 fully saturated rings. The minimum atomic E-state index is -1.06. The quantitative estimate of drug-likeness (QED) is 0.115. The van der Waals surface area contributed by atoms with Crippen LogP contribution in [-0.2, 0) is 19.1 Å². The maximum absolute atomic E-state index is 12.0. The summed E-state index contributed by atoms with van der Waals surface area (Å²) in [5.41, 5.74) is 0. The van der Waals surface area contributed by atoms with Crippen LogP contribution in [0.2, 0.25) is 0 Å². The fourth-order valence-corrected chi connectivity index (χ4v) is 3.91. The van der Waals surface area contributed by atoms with E-state index in [-0.39, 0.29) is 78.2 Å². The van der Waals surface area contributed by atoms with E-state index in [0.29, 0.717) is 26.1 Å². The molecule has 0 aromatic carbocycles. The van der Waals surface area contributed by atoms with Crippen LogP contribution in [0.1, 0.15) is 110 Å². The van der Waals surface area contributed by atoms with Crippen molar-refractivity contribution in [2.75, 3.05) is 39.4 Å². The summed E-state index contributed by atoms with van der Waals surface area (Å²) in [6.45, 7) is 2.86. The molecule has 204 valence electrons. The van der Waals surface area contributed by atoms with Gasteiger partial charge in [-0.1, -0.05) is 96.8 Å². The number of ether oxygens (including phenoxy) is 1. The van der Waals surface area contributed by atoms with E-state index in [1.807, 2.05) is 0 Å². The SMILES string of the molecule is CCCCCCCCCCCCCCCCCC(=O)NCCN(CCOCC(=O)O)CC(=O)O.[NaH].[NaH]. The predicted octanol–water partition coefficient (Wildman–Crippen LogP) is 3.55. The van der Waals surface area contributed by atoms with E-state index in [1.54, 1.807) is 4.90 Å². The molecule has 0 unspecified atom stereocenters. The van der Waals surface area contributed by atoms with Crippen LogP contribution in [0.5, 0.6) is 0 Å². The van der Waals surface area contributed by atoms with E-state index in [0.717, 1.165) is 12.8 Å². The Balaban J connectivity index is -0.00000544. The molecule has 0 radical (unpaired) electrons. The van der Waals surface area contributed by atoms with Gasteiger partial charge in [0.25, 0.3) is 0 Å². The minimum absolute atomic E-state index is 0. The number of hydrogen-bond acceptors (Lipinski definition) is 5. The topological polar surface area (TPSA) is 116 Å². The fraction of sp³-hybridized carbons (Fsp3) is 0.885. The first-order valence-electron chi connectivity index (χ1n) is 13.5. The summed E-state index contributed by atoms with van der Waals surface area (Å²) in [4.78, 5) is 35.0. The van der Waals surface area contributed by atoms with E-state index in [2.05, 4.69) is 12.2 Å². The number of nitrogens with zero attached hydrogens (tertiary/aromatic N) is 1. The average molecular weight is 535 g/mol. The summed E-state index contributed by atoms with van der Waals surface area (Å²) in [5.74, 6) is -2.04. The van der Waals surface area contributed by atoms with Crippen molar-refractivity contribution in [1.82, 2.24) is 10.2 Å². The normalized spacial score (nSPS) is 10.5. The van der Waals surface area contributed by atoms with Gasteiger partial charge in [-0.25, -0.2) is 4.79 Å². The Morgan fingerprint density at radius 3 is 1.61 bits per heavy atom. The van der Waals surface area contributed by atoms with E-state index in [9.17, 15) is 14.4 Å². The number of nitrogens with one attached hydrogen (secondary N) is 1. The Hall–Kier alpha value is 0.330. The Bertz CT molecular complexity index is 527. The second-order valence-electron chi connectivity index (χ2n) is 9.17. The Morgan fingerprint density at radius 2 is 1.17 bits per heavy atom. The number of amides is 1. The van der Waals surface area contributed by atoms with Crippen LogP contribution in [0.15, 0.2) is 0 Å². The Kier molecular flexibility index (Phi) is 35.8. The van der Waals surface area contributed by atoms with Crippen molar-refractivity contribution >= 4 is 77.0 Å². The van der Waals surface area contributed by atoms with Gasteiger partial charge in [-0.15, -0.1) is 0 Å². The number of rotatable bonds is 26. The van der Waals surface area contributed by atoms with Crippen LogP contribution < -0.4 is 5.32 Å². The third kappa shape index (κ3) is 32.4. The molecule has 0 aliphatic rings. The first-order valence-corrected chi connectivity index (χ1v) is 13.5. The van der Waals surface area contributed by atoms with Crippen LogP contribution in [-0.4, -0.2) is 131 Å². The van der Waals surface area contributed by atoms with Crippen LogP contribution in [0.4, 0.5) is 0 Å². The molecule has 0 spiro atoms. The molecule has 0 heterocycles. The summed E-state index contributed by atoms with van der Waals surface area (Å²) in [5, 5.41) is 20.4. The molecule has 10 heteroatoms. The molecule has 36 heavy (non-hydrogen) atoms. The number of carboxylic acids is 2. The van der Waals surface area contributed by atoms with Gasteiger partial charge in [0.1, 0.15) is 6.61 Å². The second-order valence-corrected chi connectivity index (χ2v) is 9.17. The van der Waals surface area contributed by atoms with Crippen molar-refractivity contribution in [3.8, 4) is 0 Å². The zero-order valence-electron chi connectivity index (χ0n) is 21.5. The molecule has 0 aliphatic heterocycles. The van der Waals surface area contributed by atoms with Crippen LogP contribution in [0.25, 0.3) is 0 Å². The predicted molar refractivity (Wildman–Crippen MR) is 149 cm³/mol. The van der Waals surface area contributed by atoms with Crippen LogP contribution >= 0.6 is 0 Å². The van der Waals surface area contributed by atoms with Crippen molar-refractivity contribution in [3.63, 3.8) is 0 Å². The van der Waals surface area contributed by atoms with E-state index >= 15 is 0 Å². The molecule has 0 rings (SSSR count). The van der Waals surface area contributed by atoms with Gasteiger partial charge in [-0.2, -0.15) is 0 Å². The number of carboxylic acid groups (broad SMARTS) is 2. The van der Waals surface area contributed by atoms with Crippen molar-refractivity contribution in [2.24, 2.45) is 0 Å². The van der Waals surface area contributed by atoms with E-state index in [1.165, 1.54) is 83.5 Å². The van der Waals surface area contributed by atoms with Gasteiger partial charge in [-0.3, -0.25) is 14.5 Å². The van der Waals surface area contributed by atoms with Gasteiger partial charge in [0.2, 0.25) is 5.91 Å². The van der Waals surface area contributed by atoms with E-state index < -0.39 is 18.5 Å². The van der Waals surface area contributed by atoms with Crippen LogP contribution in [0, 0.1) is 0 Å². The molecule has 0 aliphatic carbocycles. The van der Waals surface area contributed by atoms with Crippen LogP contribution in [0.3, 0.4) is 0 Å². The molecule has 0 saturated carbocycles. The van der Waals surface area contributed by atoms with Gasteiger partial charge >= 0.3 is 71.1 Å². The molecule has 0 atom stereocenters. The number of aliphatic carboxylic acids is 2. The van der Waals surface area contributed by atoms with Gasteiger partial charge in [0.15, 0.2) is 0 Å². The molecule has 0 aromatic heterocycles. The zero-order valence-corrected chi connectivity index (χ0v) is 21.5. The van der Waals surface area contributed by atoms with Crippen molar-refractivity contribution in [1.29, 1.82) is 0 Å². The second kappa shape index (κ2) is 31.5. The number of unbranched alkanes of at least 4 members (excludes halogenated alkanes) is 14. The van der Waals surface area contributed by atoms with Crippen molar-refractivity contribution < 1.29 is 29.3 Å². The first kappa shape index (κ1) is 40.8. The summed E-state index contributed by atoms with van der Waals surface area (Å²) < 4.78 is 4.95. The summed E-state index contributed by atoms with van der Waals surface area (Å²) >= 11 is 0. The van der Waals surface area contributed by atoms with Crippen molar-refractivity contribution in [2.45, 2.75) is 110 Å². The Labute approximate surface area is 263 Å². The summed E-state index contributed by atoms with van der Waals surface area (Å²) in [7, 11) is 0. The van der Waals surface area contributed by atoms with Crippen molar-refractivity contribution in [3.05, 3.63) is 0 Å². The molecule has 8 nitrogen and oxygen atoms in total. The molecule has 3 N–H and O–H groups in total. The third-order valence-corrected chi connectivity index (χ3v) is 5.89. The molecular weight excluding hydrogens is 482 g/mol. The maximum atomic E-state index is 12.0. The fourth-order valence-electron chi connectivity index (χ4n) is 3.91. The first-order chi connectivity index (χ1) is 16.5. The summed E-state index contributed by atoms with van der Waals surface area (Å²) in [6, 6.07) is 0. The molecule has 0 bridgehead atoms. The number of carbonyl (C=O) groups is 3. The van der Waals surface area contributed by atoms with E-state index in [4.69, 9.17) is 14.9 Å².